The van der Waals surface area contributed by atoms with Crippen molar-refractivity contribution in [2.75, 3.05) is 17.7 Å². The number of carbonyl (C=O) groups is 2. The molecular weight excluding hydrogens is 312 g/mol. The summed E-state index contributed by atoms with van der Waals surface area (Å²) in [7, 11) is 1.50. The summed E-state index contributed by atoms with van der Waals surface area (Å²) in [6.45, 7) is 3.16. The molecule has 0 saturated carbocycles. The van der Waals surface area contributed by atoms with Crippen molar-refractivity contribution in [2.45, 2.75) is 33.1 Å². The van der Waals surface area contributed by atoms with Gasteiger partial charge < -0.3 is 19.9 Å². The van der Waals surface area contributed by atoms with Crippen LogP contribution in [0, 0.1) is 6.92 Å². The van der Waals surface area contributed by atoms with Crippen molar-refractivity contribution < 1.29 is 18.8 Å². The molecule has 1 heterocycles. The van der Waals surface area contributed by atoms with E-state index in [0.29, 0.717) is 48.1 Å². The Labute approximate surface area is 139 Å². The number of benzene rings is 1. The lowest BCUT2D eigenvalue weighted by Crippen LogP contribution is -2.12. The maximum absolute atomic E-state index is 12.0. The molecule has 1 aromatic heterocycles. The first-order chi connectivity index (χ1) is 11.5. The molecule has 2 aromatic rings. The molecule has 0 fully saturated rings. The lowest BCUT2D eigenvalue weighted by Gasteiger charge is -2.11. The number of hydrogen-bond acceptors (Lipinski definition) is 6. The van der Waals surface area contributed by atoms with Crippen LogP contribution in [0.3, 0.4) is 0 Å². The Bertz CT molecular complexity index is 727. The van der Waals surface area contributed by atoms with Crippen molar-refractivity contribution in [2.24, 2.45) is 0 Å². The lowest BCUT2D eigenvalue weighted by molar-refractivity contribution is -0.116. The fraction of sp³-hybridized carbons (Fsp3) is 0.375. The van der Waals surface area contributed by atoms with E-state index in [1.807, 2.05) is 0 Å². The summed E-state index contributed by atoms with van der Waals surface area (Å²) in [4.78, 5) is 27.2. The summed E-state index contributed by atoms with van der Waals surface area (Å²) in [6, 6.07) is 5.04. The Kier molecular flexibility index (Phi) is 5.89. The maximum atomic E-state index is 12.0. The van der Waals surface area contributed by atoms with Gasteiger partial charge in [-0.05, 0) is 25.5 Å². The number of ether oxygens (including phenoxy) is 1. The van der Waals surface area contributed by atoms with Gasteiger partial charge in [-0.25, -0.2) is 0 Å². The Balaban J connectivity index is 1.87. The zero-order chi connectivity index (χ0) is 17.5. The van der Waals surface area contributed by atoms with Gasteiger partial charge in [-0.3, -0.25) is 9.59 Å². The van der Waals surface area contributed by atoms with E-state index in [9.17, 15) is 9.59 Å². The molecule has 0 aliphatic heterocycles. The molecule has 24 heavy (non-hydrogen) atoms. The minimum absolute atomic E-state index is 0.124. The number of aryl methyl sites for hydroxylation is 2. The maximum Gasteiger partial charge on any atom is 0.226 e. The normalized spacial score (nSPS) is 10.3. The molecule has 0 unspecified atom stereocenters. The van der Waals surface area contributed by atoms with Crippen LogP contribution in [-0.2, 0) is 16.0 Å². The van der Waals surface area contributed by atoms with Crippen LogP contribution in [-0.4, -0.2) is 29.1 Å². The van der Waals surface area contributed by atoms with Crippen LogP contribution in [0.2, 0.25) is 0 Å². The fourth-order valence-electron chi connectivity index (χ4n) is 2.13. The Hall–Kier alpha value is -2.90. The van der Waals surface area contributed by atoms with Gasteiger partial charge in [0.1, 0.15) is 5.75 Å². The van der Waals surface area contributed by atoms with Crippen molar-refractivity contribution in [1.82, 2.24) is 10.1 Å². The number of nitrogens with one attached hydrogen (secondary N) is 2. The molecule has 0 atom stereocenters. The highest BCUT2D eigenvalue weighted by Gasteiger charge is 2.09. The molecule has 0 spiro atoms. The third kappa shape index (κ3) is 5.08. The highest BCUT2D eigenvalue weighted by molar-refractivity contribution is 5.93. The summed E-state index contributed by atoms with van der Waals surface area (Å²) in [5.41, 5.74) is 1.15. The monoisotopic (exact) mass is 332 g/mol. The number of amides is 2. The number of anilines is 2. The van der Waals surface area contributed by atoms with E-state index < -0.39 is 0 Å². The third-order valence-corrected chi connectivity index (χ3v) is 3.16. The lowest BCUT2D eigenvalue weighted by atomic mass is 10.2. The van der Waals surface area contributed by atoms with Crippen LogP contribution in [0.4, 0.5) is 11.4 Å². The van der Waals surface area contributed by atoms with E-state index in [0.717, 1.165) is 0 Å². The van der Waals surface area contributed by atoms with Crippen LogP contribution >= 0.6 is 0 Å². The number of nitrogens with zero attached hydrogens (tertiary/aromatic N) is 2. The topological polar surface area (TPSA) is 106 Å². The predicted molar refractivity (Wildman–Crippen MR) is 87.9 cm³/mol. The second-order valence-electron chi connectivity index (χ2n) is 5.23. The van der Waals surface area contributed by atoms with Crippen molar-refractivity contribution in [3.8, 4) is 5.75 Å². The SMILES string of the molecule is COc1cc(NC(=O)CCCc2nc(C)no2)ccc1NC(C)=O. The molecule has 8 nitrogen and oxygen atoms in total. The summed E-state index contributed by atoms with van der Waals surface area (Å²) < 4.78 is 10.2. The van der Waals surface area contributed by atoms with Gasteiger partial charge in [0.15, 0.2) is 5.82 Å². The first-order valence-corrected chi connectivity index (χ1v) is 7.52. The Morgan fingerprint density at radius 3 is 2.71 bits per heavy atom. The first-order valence-electron chi connectivity index (χ1n) is 7.52. The zero-order valence-electron chi connectivity index (χ0n) is 13.9. The minimum Gasteiger partial charge on any atom is -0.494 e. The van der Waals surface area contributed by atoms with Gasteiger partial charge in [0, 0.05) is 31.5 Å². The van der Waals surface area contributed by atoms with Gasteiger partial charge in [0.05, 0.1) is 12.8 Å². The van der Waals surface area contributed by atoms with Gasteiger partial charge in [0.2, 0.25) is 17.7 Å². The van der Waals surface area contributed by atoms with Gasteiger partial charge >= 0.3 is 0 Å². The van der Waals surface area contributed by atoms with Gasteiger partial charge in [-0.15, -0.1) is 0 Å². The molecule has 0 radical (unpaired) electrons. The molecule has 0 bridgehead atoms. The summed E-state index contributed by atoms with van der Waals surface area (Å²) >= 11 is 0. The van der Waals surface area contributed by atoms with Crippen LogP contribution in [0.5, 0.6) is 5.75 Å². The second-order valence-corrected chi connectivity index (χ2v) is 5.23. The molecule has 2 rings (SSSR count). The largest absolute Gasteiger partial charge is 0.494 e. The van der Waals surface area contributed by atoms with Crippen molar-refractivity contribution in [1.29, 1.82) is 0 Å². The Morgan fingerprint density at radius 1 is 1.29 bits per heavy atom. The average molecular weight is 332 g/mol. The average Bonchev–Trinajstić information content (AvgIpc) is 2.93. The second kappa shape index (κ2) is 8.09. The van der Waals surface area contributed by atoms with Crippen LogP contribution in [0.15, 0.2) is 22.7 Å². The summed E-state index contributed by atoms with van der Waals surface area (Å²) in [5, 5.41) is 9.15. The van der Waals surface area contributed by atoms with Gasteiger partial charge in [-0.1, -0.05) is 5.16 Å². The van der Waals surface area contributed by atoms with Crippen LogP contribution in [0.25, 0.3) is 0 Å². The molecule has 2 amide bonds. The first kappa shape index (κ1) is 17.5. The van der Waals surface area contributed by atoms with E-state index in [2.05, 4.69) is 20.8 Å². The van der Waals surface area contributed by atoms with E-state index in [-0.39, 0.29) is 11.8 Å². The van der Waals surface area contributed by atoms with E-state index in [1.165, 1.54) is 14.0 Å². The summed E-state index contributed by atoms with van der Waals surface area (Å²) in [5.74, 6) is 1.27. The number of rotatable bonds is 7. The third-order valence-electron chi connectivity index (χ3n) is 3.16. The van der Waals surface area contributed by atoms with Crippen molar-refractivity contribution >= 4 is 23.2 Å². The Morgan fingerprint density at radius 2 is 2.08 bits per heavy atom. The fourth-order valence-corrected chi connectivity index (χ4v) is 2.13. The van der Waals surface area contributed by atoms with Crippen molar-refractivity contribution in [3.05, 3.63) is 29.9 Å². The highest BCUT2D eigenvalue weighted by atomic mass is 16.5. The molecular formula is C16H20N4O4. The number of aromatic nitrogens is 2. The molecule has 8 heteroatoms. The van der Waals surface area contributed by atoms with E-state index in [1.54, 1.807) is 25.1 Å². The number of methoxy groups -OCH3 is 1. The molecule has 0 aliphatic rings. The summed E-state index contributed by atoms with van der Waals surface area (Å²) in [6.07, 6.45) is 1.49. The molecule has 0 saturated heterocycles. The standard InChI is InChI=1S/C16H20N4O4/c1-10-17-16(24-20-10)6-4-5-15(22)19-12-7-8-13(18-11(2)21)14(9-12)23-3/h7-9H,4-6H2,1-3H3,(H,18,21)(H,19,22). The molecule has 0 aliphatic carbocycles. The van der Waals surface area contributed by atoms with Crippen LogP contribution in [0.1, 0.15) is 31.5 Å². The molecule has 1 aromatic carbocycles. The molecule has 2 N–H and O–H groups in total. The van der Waals surface area contributed by atoms with Gasteiger partial charge in [-0.2, -0.15) is 4.98 Å². The minimum atomic E-state index is -0.193. The highest BCUT2D eigenvalue weighted by Crippen LogP contribution is 2.28. The zero-order valence-corrected chi connectivity index (χ0v) is 13.9. The smallest absolute Gasteiger partial charge is 0.226 e. The van der Waals surface area contributed by atoms with E-state index >= 15 is 0 Å². The molecule has 128 valence electrons. The number of hydrogen-bond donors (Lipinski definition) is 2. The van der Waals surface area contributed by atoms with Crippen LogP contribution < -0.4 is 15.4 Å². The van der Waals surface area contributed by atoms with Crippen molar-refractivity contribution in [3.63, 3.8) is 0 Å². The predicted octanol–water partition coefficient (Wildman–Crippen LogP) is 2.31. The van der Waals surface area contributed by atoms with E-state index in [4.69, 9.17) is 9.26 Å². The quantitative estimate of drug-likeness (QED) is 0.806. The van der Waals surface area contributed by atoms with Gasteiger partial charge in [0.25, 0.3) is 0 Å². The number of carbonyl (C=O) groups excluding carboxylic acids is 2.